The van der Waals surface area contributed by atoms with Crippen molar-refractivity contribution in [3.8, 4) is 0 Å². The summed E-state index contributed by atoms with van der Waals surface area (Å²) in [4.78, 5) is 21.3. The number of carbonyl (C=O) groups excluding carboxylic acids is 1. The predicted molar refractivity (Wildman–Crippen MR) is 112 cm³/mol. The van der Waals surface area contributed by atoms with Crippen LogP contribution in [0.1, 0.15) is 42.6 Å². The highest BCUT2D eigenvalue weighted by molar-refractivity contribution is 5.74. The average molecular weight is 414 g/mol. The van der Waals surface area contributed by atoms with Gasteiger partial charge in [-0.05, 0) is 43.7 Å². The zero-order chi connectivity index (χ0) is 21.0. The predicted octanol–water partition coefficient (Wildman–Crippen LogP) is 2.63. The number of carbonyl (C=O) groups is 1. The normalized spacial score (nSPS) is 21.3. The molecule has 1 unspecified atom stereocenters. The summed E-state index contributed by atoms with van der Waals surface area (Å²) >= 11 is 0. The molecule has 4 rings (SSSR count). The second-order valence-corrected chi connectivity index (χ2v) is 8.57. The molecule has 30 heavy (non-hydrogen) atoms. The first-order valence-electron chi connectivity index (χ1n) is 10.7. The standard InChI is InChI=1S/C22H31N5O3/c1-26-16-22(14-18(26)20-24-19(15-29-2)30-25-20)9-12-27(13-10-22)21(28)23-11-8-17-6-4-3-5-7-17/h3-7,18H,8-16H2,1-2H3,(H,23,28). The minimum Gasteiger partial charge on any atom is -0.375 e. The molecule has 1 atom stereocenters. The van der Waals surface area contributed by atoms with Gasteiger partial charge < -0.3 is 19.5 Å². The van der Waals surface area contributed by atoms with Crippen molar-refractivity contribution in [1.82, 2.24) is 25.3 Å². The first kappa shape index (κ1) is 20.8. The largest absolute Gasteiger partial charge is 0.375 e. The fourth-order valence-electron chi connectivity index (χ4n) is 4.76. The minimum atomic E-state index is 0.0473. The van der Waals surface area contributed by atoms with Crippen molar-refractivity contribution in [1.29, 1.82) is 0 Å². The molecule has 1 aromatic heterocycles. The molecule has 0 bridgehead atoms. The van der Waals surface area contributed by atoms with E-state index in [1.807, 2.05) is 23.1 Å². The lowest BCUT2D eigenvalue weighted by molar-refractivity contribution is 0.122. The van der Waals surface area contributed by atoms with Crippen LogP contribution < -0.4 is 5.32 Å². The van der Waals surface area contributed by atoms with Crippen molar-refractivity contribution in [2.24, 2.45) is 5.41 Å². The van der Waals surface area contributed by atoms with Crippen molar-refractivity contribution >= 4 is 6.03 Å². The monoisotopic (exact) mass is 413 g/mol. The van der Waals surface area contributed by atoms with E-state index in [1.54, 1.807) is 7.11 Å². The Morgan fingerprint density at radius 1 is 1.30 bits per heavy atom. The van der Waals surface area contributed by atoms with Gasteiger partial charge in [-0.2, -0.15) is 4.98 Å². The van der Waals surface area contributed by atoms with Crippen LogP contribution in [0.15, 0.2) is 34.9 Å². The molecule has 0 aliphatic carbocycles. The zero-order valence-corrected chi connectivity index (χ0v) is 17.8. The third-order valence-electron chi connectivity index (χ3n) is 6.44. The number of amides is 2. The molecule has 2 amide bonds. The summed E-state index contributed by atoms with van der Waals surface area (Å²) in [5.74, 6) is 1.26. The number of urea groups is 1. The van der Waals surface area contributed by atoms with Crippen LogP contribution in [0.2, 0.25) is 0 Å². The van der Waals surface area contributed by atoms with Crippen LogP contribution >= 0.6 is 0 Å². The molecule has 1 N–H and O–H groups in total. The van der Waals surface area contributed by atoms with E-state index in [2.05, 4.69) is 39.5 Å². The van der Waals surface area contributed by atoms with Gasteiger partial charge in [0.2, 0.25) is 0 Å². The molecule has 2 saturated heterocycles. The van der Waals surface area contributed by atoms with E-state index in [9.17, 15) is 4.79 Å². The van der Waals surface area contributed by atoms with Crippen molar-refractivity contribution in [2.75, 3.05) is 40.3 Å². The molecular weight excluding hydrogens is 382 g/mol. The van der Waals surface area contributed by atoms with E-state index < -0.39 is 0 Å². The quantitative estimate of drug-likeness (QED) is 0.784. The van der Waals surface area contributed by atoms with Gasteiger partial charge in [-0.3, -0.25) is 4.90 Å². The fourth-order valence-corrected chi connectivity index (χ4v) is 4.76. The Hall–Kier alpha value is -2.45. The number of methoxy groups -OCH3 is 1. The maximum atomic E-state index is 12.6. The highest BCUT2D eigenvalue weighted by atomic mass is 16.5. The number of ether oxygens (including phenoxy) is 1. The van der Waals surface area contributed by atoms with E-state index >= 15 is 0 Å². The third-order valence-corrected chi connectivity index (χ3v) is 6.44. The Morgan fingerprint density at radius 3 is 2.80 bits per heavy atom. The Balaban J connectivity index is 1.26. The summed E-state index contributed by atoms with van der Waals surface area (Å²) in [6.45, 7) is 3.58. The number of hydrogen-bond acceptors (Lipinski definition) is 6. The molecule has 2 aliphatic rings. The molecule has 0 radical (unpaired) electrons. The van der Waals surface area contributed by atoms with Gasteiger partial charge in [-0.15, -0.1) is 0 Å². The zero-order valence-electron chi connectivity index (χ0n) is 17.8. The summed E-state index contributed by atoms with van der Waals surface area (Å²) in [6, 6.07) is 10.4. The maximum absolute atomic E-state index is 12.6. The van der Waals surface area contributed by atoms with Crippen LogP contribution in [0.4, 0.5) is 4.79 Å². The van der Waals surface area contributed by atoms with Crippen LogP contribution in [-0.4, -0.2) is 66.3 Å². The summed E-state index contributed by atoms with van der Waals surface area (Å²) in [5.41, 5.74) is 1.45. The lowest BCUT2D eigenvalue weighted by Crippen LogP contribution is -2.48. The Bertz CT molecular complexity index is 832. The number of aromatic nitrogens is 2. The molecule has 0 saturated carbocycles. The number of nitrogens with zero attached hydrogens (tertiary/aromatic N) is 4. The molecule has 1 spiro atoms. The molecule has 2 fully saturated rings. The second kappa shape index (κ2) is 9.14. The van der Waals surface area contributed by atoms with Gasteiger partial charge in [0.15, 0.2) is 5.82 Å². The number of likely N-dealkylation sites (tertiary alicyclic amines) is 2. The number of piperidine rings is 1. The highest BCUT2D eigenvalue weighted by Gasteiger charge is 2.46. The van der Waals surface area contributed by atoms with E-state index in [1.165, 1.54) is 5.56 Å². The van der Waals surface area contributed by atoms with Crippen molar-refractivity contribution in [2.45, 2.75) is 38.3 Å². The Morgan fingerprint density at radius 2 is 2.07 bits per heavy atom. The van der Waals surface area contributed by atoms with Gasteiger partial charge >= 0.3 is 6.03 Å². The number of hydrogen-bond donors (Lipinski definition) is 1. The molecular formula is C22H31N5O3. The van der Waals surface area contributed by atoms with Gasteiger partial charge in [0.1, 0.15) is 6.61 Å². The summed E-state index contributed by atoms with van der Waals surface area (Å²) < 4.78 is 10.4. The lowest BCUT2D eigenvalue weighted by atomic mass is 9.76. The molecule has 2 aromatic rings. The topological polar surface area (TPSA) is 83.7 Å². The number of rotatable bonds is 6. The minimum absolute atomic E-state index is 0.0473. The highest BCUT2D eigenvalue weighted by Crippen LogP contribution is 2.47. The van der Waals surface area contributed by atoms with E-state index in [-0.39, 0.29) is 17.5 Å². The summed E-state index contributed by atoms with van der Waals surface area (Å²) in [7, 11) is 3.74. The number of nitrogens with one attached hydrogen (secondary N) is 1. The van der Waals surface area contributed by atoms with Crippen LogP contribution in [0, 0.1) is 5.41 Å². The molecule has 8 heteroatoms. The van der Waals surface area contributed by atoms with E-state index in [4.69, 9.17) is 9.26 Å². The third kappa shape index (κ3) is 4.65. The summed E-state index contributed by atoms with van der Waals surface area (Å²) in [5, 5.41) is 7.24. The van der Waals surface area contributed by atoms with Crippen LogP contribution in [0.5, 0.6) is 0 Å². The van der Waals surface area contributed by atoms with Crippen LogP contribution in [-0.2, 0) is 17.8 Å². The van der Waals surface area contributed by atoms with Gasteiger partial charge in [0.25, 0.3) is 5.89 Å². The van der Waals surface area contributed by atoms with Gasteiger partial charge in [0, 0.05) is 33.3 Å². The first-order chi connectivity index (χ1) is 14.6. The van der Waals surface area contributed by atoms with Gasteiger partial charge in [-0.1, -0.05) is 35.5 Å². The smallest absolute Gasteiger partial charge is 0.317 e. The first-order valence-corrected chi connectivity index (χ1v) is 10.7. The molecule has 8 nitrogen and oxygen atoms in total. The number of benzene rings is 1. The molecule has 2 aliphatic heterocycles. The second-order valence-electron chi connectivity index (χ2n) is 8.57. The summed E-state index contributed by atoms with van der Waals surface area (Å²) in [6.07, 6.45) is 3.86. The van der Waals surface area contributed by atoms with Crippen LogP contribution in [0.25, 0.3) is 0 Å². The molecule has 1 aromatic carbocycles. The average Bonchev–Trinajstić information content (AvgIpc) is 3.34. The Labute approximate surface area is 177 Å². The van der Waals surface area contributed by atoms with E-state index in [0.29, 0.717) is 19.0 Å². The maximum Gasteiger partial charge on any atom is 0.317 e. The van der Waals surface area contributed by atoms with Crippen LogP contribution in [0.3, 0.4) is 0 Å². The fraction of sp³-hybridized carbons (Fsp3) is 0.591. The van der Waals surface area contributed by atoms with Crippen molar-refractivity contribution in [3.63, 3.8) is 0 Å². The Kier molecular flexibility index (Phi) is 6.34. The lowest BCUT2D eigenvalue weighted by Gasteiger charge is -2.39. The van der Waals surface area contributed by atoms with Crippen molar-refractivity contribution < 1.29 is 14.1 Å². The van der Waals surface area contributed by atoms with Crippen molar-refractivity contribution in [3.05, 3.63) is 47.6 Å². The SMILES string of the molecule is COCc1nc(C2CC3(CCN(C(=O)NCCc4ccccc4)CC3)CN2C)no1. The van der Waals surface area contributed by atoms with Gasteiger partial charge in [0.05, 0.1) is 6.04 Å². The molecule has 162 valence electrons. The molecule has 3 heterocycles. The van der Waals surface area contributed by atoms with Gasteiger partial charge in [-0.25, -0.2) is 4.79 Å². The van der Waals surface area contributed by atoms with E-state index in [0.717, 1.165) is 51.1 Å².